The summed E-state index contributed by atoms with van der Waals surface area (Å²) in [6, 6.07) is -0.0276. The first-order chi connectivity index (χ1) is 11.5. The lowest BCUT2D eigenvalue weighted by Gasteiger charge is -2.21. The molecule has 0 aromatic carbocycles. The molecule has 1 fully saturated rings. The van der Waals surface area contributed by atoms with Crippen LogP contribution in [0, 0.1) is 0 Å². The van der Waals surface area contributed by atoms with Gasteiger partial charge in [-0.3, -0.25) is 9.69 Å². The van der Waals surface area contributed by atoms with Crippen LogP contribution in [0.5, 0.6) is 5.88 Å². The van der Waals surface area contributed by atoms with E-state index in [1.54, 1.807) is 11.8 Å². The van der Waals surface area contributed by atoms with Crippen LogP contribution < -0.4 is 10.5 Å². The Balaban J connectivity index is 1.85. The molecule has 1 aliphatic heterocycles. The largest absolute Gasteiger partial charge is 0.481 e. The second kappa shape index (κ2) is 6.60. The van der Waals surface area contributed by atoms with Gasteiger partial charge in [-0.15, -0.1) is 0 Å². The summed E-state index contributed by atoms with van der Waals surface area (Å²) in [7, 11) is 3.53. The molecule has 24 heavy (non-hydrogen) atoms. The summed E-state index contributed by atoms with van der Waals surface area (Å²) in [6.45, 7) is 3.66. The van der Waals surface area contributed by atoms with Gasteiger partial charge in [-0.2, -0.15) is 10.1 Å². The Morgan fingerprint density at radius 3 is 2.92 bits per heavy atom. The number of nitrogens with two attached hydrogens (primary N) is 1. The summed E-state index contributed by atoms with van der Waals surface area (Å²) < 4.78 is 12.5. The summed E-state index contributed by atoms with van der Waals surface area (Å²) in [5, 5.41) is 8.16. The maximum atomic E-state index is 11.2. The molecule has 1 atom stereocenters. The number of rotatable bonds is 6. The summed E-state index contributed by atoms with van der Waals surface area (Å²) in [5.41, 5.74) is 7.29. The predicted molar refractivity (Wildman–Crippen MR) is 84.3 cm³/mol. The van der Waals surface area contributed by atoms with Gasteiger partial charge in [-0.05, 0) is 25.8 Å². The molecule has 3 heterocycles. The van der Waals surface area contributed by atoms with Crippen molar-refractivity contribution in [3.8, 4) is 5.88 Å². The van der Waals surface area contributed by atoms with Crippen LogP contribution in [-0.2, 0) is 20.0 Å². The van der Waals surface area contributed by atoms with E-state index >= 15 is 0 Å². The van der Waals surface area contributed by atoms with Gasteiger partial charge in [-0.1, -0.05) is 12.1 Å². The predicted octanol–water partition coefficient (Wildman–Crippen LogP) is 0.810. The summed E-state index contributed by atoms with van der Waals surface area (Å²) in [4.78, 5) is 17.5. The average Bonchev–Trinajstić information content (AvgIpc) is 3.26. The maximum absolute atomic E-state index is 11.2. The van der Waals surface area contributed by atoms with Crippen molar-refractivity contribution in [3.05, 3.63) is 23.0 Å². The number of ether oxygens (including phenoxy) is 1. The molecule has 0 bridgehead atoms. The normalized spacial score (nSPS) is 18.2. The number of carbonyl (C=O) groups excluding carboxylic acids is 1. The SMILES string of the molecule is CCc1nn(C)c(OC)c1CN1CCC[C@H]1c1nc(C(N)=O)no1. The zero-order valence-corrected chi connectivity index (χ0v) is 14.2. The van der Waals surface area contributed by atoms with Gasteiger partial charge >= 0.3 is 0 Å². The highest BCUT2D eigenvalue weighted by molar-refractivity contribution is 5.88. The second-order valence-corrected chi connectivity index (χ2v) is 5.86. The summed E-state index contributed by atoms with van der Waals surface area (Å²) in [5.74, 6) is 0.435. The number of methoxy groups -OCH3 is 1. The molecule has 0 unspecified atom stereocenters. The van der Waals surface area contributed by atoms with E-state index in [-0.39, 0.29) is 11.9 Å². The average molecular weight is 334 g/mol. The van der Waals surface area contributed by atoms with Crippen molar-refractivity contribution in [2.24, 2.45) is 12.8 Å². The maximum Gasteiger partial charge on any atom is 0.290 e. The number of carbonyl (C=O) groups is 1. The van der Waals surface area contributed by atoms with Gasteiger partial charge in [-0.25, -0.2) is 4.68 Å². The molecule has 2 aromatic rings. The van der Waals surface area contributed by atoms with Crippen molar-refractivity contribution in [2.45, 2.75) is 38.8 Å². The van der Waals surface area contributed by atoms with Gasteiger partial charge in [0.2, 0.25) is 11.8 Å². The number of likely N-dealkylation sites (tertiary alicyclic amines) is 1. The van der Waals surface area contributed by atoms with Crippen LogP contribution in [0.2, 0.25) is 0 Å². The van der Waals surface area contributed by atoms with Gasteiger partial charge in [0.15, 0.2) is 0 Å². The van der Waals surface area contributed by atoms with Crippen LogP contribution in [-0.4, -0.2) is 44.4 Å². The lowest BCUT2D eigenvalue weighted by molar-refractivity contribution is 0.0987. The molecular weight excluding hydrogens is 312 g/mol. The highest BCUT2D eigenvalue weighted by Gasteiger charge is 2.33. The fraction of sp³-hybridized carbons (Fsp3) is 0.600. The molecule has 1 aliphatic rings. The van der Waals surface area contributed by atoms with Crippen molar-refractivity contribution in [2.75, 3.05) is 13.7 Å². The first-order valence-electron chi connectivity index (χ1n) is 8.01. The molecule has 0 radical (unpaired) electrons. The molecule has 3 rings (SSSR count). The molecule has 130 valence electrons. The Hall–Kier alpha value is -2.42. The molecule has 9 heteroatoms. The van der Waals surface area contributed by atoms with Gasteiger partial charge in [0.05, 0.1) is 24.4 Å². The summed E-state index contributed by atoms with van der Waals surface area (Å²) in [6.07, 6.45) is 2.74. The lowest BCUT2D eigenvalue weighted by Crippen LogP contribution is -2.24. The minimum absolute atomic E-state index is 0.0276. The van der Waals surface area contributed by atoms with E-state index in [1.807, 2.05) is 7.05 Å². The van der Waals surface area contributed by atoms with Gasteiger partial charge in [0.25, 0.3) is 11.7 Å². The standard InChI is InChI=1S/C15H22N6O3/c1-4-10-9(15(23-3)20(2)18-10)8-21-7-5-6-11(21)14-17-13(12(16)22)19-24-14/h11H,4-8H2,1-3H3,(H2,16,22)/t11-/m0/s1. The molecule has 0 saturated carbocycles. The number of nitrogens with zero attached hydrogens (tertiary/aromatic N) is 5. The molecule has 1 saturated heterocycles. The lowest BCUT2D eigenvalue weighted by atomic mass is 10.1. The van der Waals surface area contributed by atoms with Gasteiger partial charge in [0, 0.05) is 13.6 Å². The fourth-order valence-corrected chi connectivity index (χ4v) is 3.27. The number of primary amides is 1. The monoisotopic (exact) mass is 334 g/mol. The van der Waals surface area contributed by atoms with E-state index in [0.29, 0.717) is 12.4 Å². The zero-order valence-electron chi connectivity index (χ0n) is 14.2. The number of amides is 1. The van der Waals surface area contributed by atoms with Crippen LogP contribution in [0.15, 0.2) is 4.52 Å². The smallest absolute Gasteiger partial charge is 0.290 e. The fourth-order valence-electron chi connectivity index (χ4n) is 3.27. The topological polar surface area (TPSA) is 112 Å². The first kappa shape index (κ1) is 16.4. The Morgan fingerprint density at radius 2 is 2.29 bits per heavy atom. The van der Waals surface area contributed by atoms with Crippen molar-refractivity contribution < 1.29 is 14.1 Å². The molecular formula is C15H22N6O3. The third kappa shape index (κ3) is 2.86. The number of hydrogen-bond donors (Lipinski definition) is 1. The van der Waals surface area contributed by atoms with Gasteiger partial charge < -0.3 is 15.0 Å². The second-order valence-electron chi connectivity index (χ2n) is 5.86. The third-order valence-corrected chi connectivity index (χ3v) is 4.37. The van der Waals surface area contributed by atoms with Crippen molar-refractivity contribution in [3.63, 3.8) is 0 Å². The Bertz CT molecular complexity index is 738. The molecule has 2 N–H and O–H groups in total. The number of aromatic nitrogens is 4. The minimum atomic E-state index is -0.684. The van der Waals surface area contributed by atoms with Crippen LogP contribution in [0.4, 0.5) is 0 Å². The van der Waals surface area contributed by atoms with E-state index in [4.69, 9.17) is 15.0 Å². The number of hydrogen-bond acceptors (Lipinski definition) is 7. The van der Waals surface area contributed by atoms with Crippen molar-refractivity contribution in [1.82, 2.24) is 24.8 Å². The van der Waals surface area contributed by atoms with E-state index in [2.05, 4.69) is 27.1 Å². The first-order valence-corrected chi connectivity index (χ1v) is 8.01. The van der Waals surface area contributed by atoms with Crippen molar-refractivity contribution in [1.29, 1.82) is 0 Å². The molecule has 0 spiro atoms. The minimum Gasteiger partial charge on any atom is -0.481 e. The molecule has 2 aromatic heterocycles. The summed E-state index contributed by atoms with van der Waals surface area (Å²) >= 11 is 0. The molecule has 0 aliphatic carbocycles. The third-order valence-electron chi connectivity index (χ3n) is 4.37. The van der Waals surface area contributed by atoms with E-state index in [1.165, 1.54) is 0 Å². The molecule has 1 amide bonds. The highest BCUT2D eigenvalue weighted by atomic mass is 16.5. The molecule has 9 nitrogen and oxygen atoms in total. The van der Waals surface area contributed by atoms with E-state index in [0.717, 1.165) is 42.9 Å². The van der Waals surface area contributed by atoms with Crippen LogP contribution >= 0.6 is 0 Å². The highest BCUT2D eigenvalue weighted by Crippen LogP contribution is 2.34. The Kier molecular flexibility index (Phi) is 4.52. The Labute approximate surface area is 139 Å². The van der Waals surface area contributed by atoms with E-state index < -0.39 is 5.91 Å². The zero-order chi connectivity index (χ0) is 17.3. The van der Waals surface area contributed by atoms with Crippen LogP contribution in [0.3, 0.4) is 0 Å². The Morgan fingerprint density at radius 1 is 1.50 bits per heavy atom. The number of aryl methyl sites for hydroxylation is 2. The van der Waals surface area contributed by atoms with Crippen LogP contribution in [0.25, 0.3) is 0 Å². The van der Waals surface area contributed by atoms with Gasteiger partial charge in [0.1, 0.15) is 0 Å². The van der Waals surface area contributed by atoms with Crippen molar-refractivity contribution >= 4 is 5.91 Å². The van der Waals surface area contributed by atoms with Crippen LogP contribution in [0.1, 0.15) is 53.6 Å². The van der Waals surface area contributed by atoms with E-state index in [9.17, 15) is 4.79 Å². The quantitative estimate of drug-likeness (QED) is 0.831.